The monoisotopic (exact) mass is 312 g/mol. The molecule has 2 atom stereocenters. The molecule has 0 aromatic heterocycles. The average Bonchev–Trinajstić information content (AvgIpc) is 2.43. The largest absolute Gasteiger partial charge is 0.381 e. The number of ether oxygens (including phenoxy) is 1. The molecule has 1 aromatic carbocycles. The highest BCUT2D eigenvalue weighted by Crippen LogP contribution is 2.44. The normalized spacial score (nSPS) is 24.7. The van der Waals surface area contributed by atoms with Crippen molar-refractivity contribution in [3.8, 4) is 0 Å². The van der Waals surface area contributed by atoms with Gasteiger partial charge in [-0.2, -0.15) is 0 Å². The molecule has 1 fully saturated rings. The molecule has 0 saturated heterocycles. The molecule has 5 nitrogen and oxygen atoms in total. The number of hydrogen-bond acceptors (Lipinski definition) is 4. The van der Waals surface area contributed by atoms with Crippen LogP contribution in [-0.4, -0.2) is 46.1 Å². The molecule has 0 bridgehead atoms. The highest BCUT2D eigenvalue weighted by molar-refractivity contribution is 7.89. The molecule has 21 heavy (non-hydrogen) atoms. The first kappa shape index (κ1) is 16.3. The highest BCUT2D eigenvalue weighted by atomic mass is 32.2. The Morgan fingerprint density at radius 1 is 1.29 bits per heavy atom. The van der Waals surface area contributed by atoms with Gasteiger partial charge < -0.3 is 10.1 Å². The second-order valence-electron chi connectivity index (χ2n) is 6.26. The first-order valence-corrected chi connectivity index (χ1v) is 8.46. The summed E-state index contributed by atoms with van der Waals surface area (Å²) < 4.78 is 31.4. The number of nitrogens with zero attached hydrogens (tertiary/aromatic N) is 1. The maximum Gasteiger partial charge on any atom is 0.244 e. The second-order valence-corrected chi connectivity index (χ2v) is 8.38. The third-order valence-corrected chi connectivity index (χ3v) is 6.31. The Morgan fingerprint density at radius 3 is 2.43 bits per heavy atom. The molecule has 0 aliphatic heterocycles. The molecule has 118 valence electrons. The standard InChI is InChI=1S/C15H24N2O3S/c1-15(2)13(10-14(15)20-5)16-11-8-6-7-9-12(11)21(18,19)17(3)4/h6-9,13-14,16H,10H2,1-5H3. The van der Waals surface area contributed by atoms with Gasteiger partial charge >= 0.3 is 0 Å². The zero-order valence-corrected chi connectivity index (χ0v) is 14.1. The van der Waals surface area contributed by atoms with Crippen LogP contribution < -0.4 is 5.32 Å². The highest BCUT2D eigenvalue weighted by Gasteiger charge is 2.48. The van der Waals surface area contributed by atoms with Crippen molar-refractivity contribution in [2.45, 2.75) is 37.3 Å². The van der Waals surface area contributed by atoms with Crippen LogP contribution in [0.15, 0.2) is 29.2 Å². The molecule has 1 aromatic rings. The predicted octanol–water partition coefficient (Wildman–Crippen LogP) is 2.16. The van der Waals surface area contributed by atoms with E-state index in [1.807, 2.05) is 12.1 Å². The van der Waals surface area contributed by atoms with E-state index in [1.165, 1.54) is 4.31 Å². The van der Waals surface area contributed by atoms with Crippen molar-refractivity contribution in [3.63, 3.8) is 0 Å². The minimum atomic E-state index is -3.45. The summed E-state index contributed by atoms with van der Waals surface area (Å²) in [6, 6.07) is 7.23. The van der Waals surface area contributed by atoms with E-state index in [2.05, 4.69) is 19.2 Å². The van der Waals surface area contributed by atoms with Crippen LogP contribution in [0.25, 0.3) is 0 Å². The number of sulfonamides is 1. The van der Waals surface area contributed by atoms with Crippen molar-refractivity contribution in [2.75, 3.05) is 26.5 Å². The maximum atomic E-state index is 12.4. The van der Waals surface area contributed by atoms with Gasteiger partial charge in [0, 0.05) is 32.7 Å². The number of anilines is 1. The number of hydrogen-bond donors (Lipinski definition) is 1. The van der Waals surface area contributed by atoms with Crippen LogP contribution in [0.4, 0.5) is 5.69 Å². The van der Waals surface area contributed by atoms with Gasteiger partial charge in [-0.3, -0.25) is 0 Å². The van der Waals surface area contributed by atoms with E-state index in [0.29, 0.717) is 10.6 Å². The van der Waals surface area contributed by atoms with Crippen molar-refractivity contribution in [2.24, 2.45) is 5.41 Å². The molecule has 1 aliphatic rings. The fourth-order valence-electron chi connectivity index (χ4n) is 2.73. The van der Waals surface area contributed by atoms with Crippen LogP contribution in [-0.2, 0) is 14.8 Å². The average molecular weight is 312 g/mol. The summed E-state index contributed by atoms with van der Waals surface area (Å²) in [6.07, 6.45) is 1.08. The van der Waals surface area contributed by atoms with Crippen molar-refractivity contribution in [1.82, 2.24) is 4.31 Å². The summed E-state index contributed by atoms with van der Waals surface area (Å²) in [5.74, 6) is 0. The fraction of sp³-hybridized carbons (Fsp3) is 0.600. The van der Waals surface area contributed by atoms with Crippen LogP contribution in [0.2, 0.25) is 0 Å². The lowest BCUT2D eigenvalue weighted by atomic mass is 9.64. The molecule has 1 N–H and O–H groups in total. The third-order valence-electron chi connectivity index (χ3n) is 4.44. The summed E-state index contributed by atoms with van der Waals surface area (Å²) in [5.41, 5.74) is 0.628. The van der Waals surface area contributed by atoms with Gasteiger partial charge in [-0.1, -0.05) is 26.0 Å². The lowest BCUT2D eigenvalue weighted by Crippen LogP contribution is -2.57. The van der Waals surface area contributed by atoms with Crippen LogP contribution in [0.3, 0.4) is 0 Å². The second kappa shape index (κ2) is 5.59. The van der Waals surface area contributed by atoms with Gasteiger partial charge in [0.25, 0.3) is 0 Å². The Labute approximate surface area is 127 Å². The van der Waals surface area contributed by atoms with Gasteiger partial charge in [-0.15, -0.1) is 0 Å². The number of benzene rings is 1. The predicted molar refractivity (Wildman–Crippen MR) is 83.9 cm³/mol. The van der Waals surface area contributed by atoms with Gasteiger partial charge in [0.1, 0.15) is 4.90 Å². The zero-order chi connectivity index (χ0) is 15.8. The molecule has 0 heterocycles. The van der Waals surface area contributed by atoms with Crippen LogP contribution in [0.1, 0.15) is 20.3 Å². The maximum absolute atomic E-state index is 12.4. The van der Waals surface area contributed by atoms with E-state index in [0.717, 1.165) is 6.42 Å². The Bertz CT molecular complexity index is 611. The van der Waals surface area contributed by atoms with E-state index in [4.69, 9.17) is 4.74 Å². The van der Waals surface area contributed by atoms with E-state index in [9.17, 15) is 8.42 Å². The van der Waals surface area contributed by atoms with Crippen LogP contribution >= 0.6 is 0 Å². The Kier molecular flexibility index (Phi) is 4.33. The Hall–Kier alpha value is -1.11. The summed E-state index contributed by atoms with van der Waals surface area (Å²) in [5, 5.41) is 3.38. The van der Waals surface area contributed by atoms with Gasteiger partial charge in [0.05, 0.1) is 11.8 Å². The SMILES string of the molecule is COC1CC(Nc2ccccc2S(=O)(=O)N(C)C)C1(C)C. The lowest BCUT2D eigenvalue weighted by molar-refractivity contribution is -0.0795. The van der Waals surface area contributed by atoms with E-state index < -0.39 is 10.0 Å². The molecule has 2 rings (SSSR count). The van der Waals surface area contributed by atoms with Gasteiger partial charge in [0.15, 0.2) is 0 Å². The van der Waals surface area contributed by atoms with Crippen LogP contribution in [0.5, 0.6) is 0 Å². The lowest BCUT2D eigenvalue weighted by Gasteiger charge is -2.51. The number of rotatable bonds is 5. The summed E-state index contributed by atoms with van der Waals surface area (Å²) >= 11 is 0. The quantitative estimate of drug-likeness (QED) is 0.905. The molecule has 1 aliphatic carbocycles. The topological polar surface area (TPSA) is 58.6 Å². The van der Waals surface area contributed by atoms with Gasteiger partial charge in [-0.25, -0.2) is 12.7 Å². The minimum Gasteiger partial charge on any atom is -0.381 e. The Morgan fingerprint density at radius 2 is 1.90 bits per heavy atom. The van der Waals surface area contributed by atoms with Crippen molar-refractivity contribution in [3.05, 3.63) is 24.3 Å². The number of methoxy groups -OCH3 is 1. The van der Waals surface area contributed by atoms with Crippen molar-refractivity contribution < 1.29 is 13.2 Å². The minimum absolute atomic E-state index is 0.0241. The van der Waals surface area contributed by atoms with Crippen LogP contribution in [0, 0.1) is 5.41 Å². The Balaban J connectivity index is 2.28. The summed E-state index contributed by atoms with van der Waals surface area (Å²) in [4.78, 5) is 0.312. The molecule has 6 heteroatoms. The first-order valence-electron chi connectivity index (χ1n) is 7.02. The number of para-hydroxylation sites is 1. The smallest absolute Gasteiger partial charge is 0.244 e. The van der Waals surface area contributed by atoms with Crippen molar-refractivity contribution in [1.29, 1.82) is 0 Å². The molecular formula is C15H24N2O3S. The molecule has 1 saturated carbocycles. The van der Waals surface area contributed by atoms with Gasteiger partial charge in [0.2, 0.25) is 10.0 Å². The summed E-state index contributed by atoms with van der Waals surface area (Å²) in [6.45, 7) is 4.26. The molecule has 0 spiro atoms. The third kappa shape index (κ3) is 2.80. The van der Waals surface area contributed by atoms with E-state index in [-0.39, 0.29) is 17.6 Å². The van der Waals surface area contributed by atoms with E-state index >= 15 is 0 Å². The zero-order valence-electron chi connectivity index (χ0n) is 13.3. The molecule has 0 radical (unpaired) electrons. The fourth-order valence-corrected chi connectivity index (χ4v) is 3.77. The van der Waals surface area contributed by atoms with Crippen molar-refractivity contribution >= 4 is 15.7 Å². The molecule has 0 amide bonds. The number of nitrogens with one attached hydrogen (secondary N) is 1. The van der Waals surface area contributed by atoms with E-state index in [1.54, 1.807) is 33.3 Å². The van der Waals surface area contributed by atoms with Gasteiger partial charge in [-0.05, 0) is 18.6 Å². The summed E-state index contributed by atoms with van der Waals surface area (Å²) in [7, 11) is 1.35. The first-order chi connectivity index (χ1) is 9.71. The molecule has 2 unspecified atom stereocenters. The molecular weight excluding hydrogens is 288 g/mol.